The second-order valence-electron chi connectivity index (χ2n) is 8.21. The van der Waals surface area contributed by atoms with Crippen molar-refractivity contribution in [3.63, 3.8) is 0 Å². The van der Waals surface area contributed by atoms with Crippen LogP contribution in [0.1, 0.15) is 12.5 Å². The molecule has 5 heterocycles. The lowest BCUT2D eigenvalue weighted by Crippen LogP contribution is -2.11. The fraction of sp³-hybridized carbons (Fsp3) is 0.111. The highest BCUT2D eigenvalue weighted by atomic mass is 15.1. The second-order valence-corrected chi connectivity index (χ2v) is 8.21. The Morgan fingerprint density at radius 2 is 1.79 bits per heavy atom. The van der Waals surface area contributed by atoms with Crippen LogP contribution in [0.15, 0.2) is 79.4 Å². The topological polar surface area (TPSA) is 95.2 Å². The normalized spacial score (nSPS) is 11.4. The molecule has 6 rings (SSSR count). The number of aromatic nitrogens is 6. The summed E-state index contributed by atoms with van der Waals surface area (Å²) < 4.78 is 0. The van der Waals surface area contributed by atoms with Crippen molar-refractivity contribution in [2.45, 2.75) is 13.5 Å². The van der Waals surface area contributed by atoms with Gasteiger partial charge in [-0.15, -0.1) is 0 Å². The van der Waals surface area contributed by atoms with Crippen molar-refractivity contribution in [3.8, 4) is 33.8 Å². The Morgan fingerprint density at radius 3 is 2.68 bits per heavy atom. The summed E-state index contributed by atoms with van der Waals surface area (Å²) in [7, 11) is 0. The van der Waals surface area contributed by atoms with E-state index >= 15 is 0 Å². The maximum atomic E-state index is 4.97. The zero-order chi connectivity index (χ0) is 22.9. The maximum Gasteiger partial charge on any atom is 0.135 e. The summed E-state index contributed by atoms with van der Waals surface area (Å²) >= 11 is 0. The summed E-state index contributed by atoms with van der Waals surface area (Å²) in [6.07, 6.45) is 7.37. The van der Waals surface area contributed by atoms with Gasteiger partial charge in [-0.3, -0.25) is 15.1 Å². The number of hydrogen-bond acceptors (Lipinski definition) is 5. The lowest BCUT2D eigenvalue weighted by molar-refractivity contribution is 0.724. The molecule has 0 aliphatic heterocycles. The Bertz CT molecular complexity index is 1600. The van der Waals surface area contributed by atoms with Gasteiger partial charge in [-0.25, -0.2) is 4.98 Å². The third-order valence-electron chi connectivity index (χ3n) is 5.99. The molecule has 0 spiro atoms. The standard InChI is InChI=1S/C27H23N7/c1-2-28-14-17-12-19(16-30-15-17)22-6-7-24-26(32-22)27(34-33-24)25-13-21-20(4-3-5-23(21)31-25)18-8-10-29-11-9-18/h3-13,15-16,28,31H,2,14H2,1H3,(H,33,34). The number of aromatic amines is 2. The monoisotopic (exact) mass is 445 g/mol. The van der Waals surface area contributed by atoms with E-state index in [1.165, 1.54) is 0 Å². The number of nitrogens with zero attached hydrogens (tertiary/aromatic N) is 4. The van der Waals surface area contributed by atoms with Crippen molar-refractivity contribution in [2.75, 3.05) is 6.54 Å². The molecule has 0 saturated heterocycles. The van der Waals surface area contributed by atoms with Gasteiger partial charge < -0.3 is 10.3 Å². The summed E-state index contributed by atoms with van der Waals surface area (Å²) in [4.78, 5) is 17.1. The quantitative estimate of drug-likeness (QED) is 0.322. The smallest absolute Gasteiger partial charge is 0.135 e. The zero-order valence-electron chi connectivity index (χ0n) is 18.7. The molecule has 0 saturated carbocycles. The van der Waals surface area contributed by atoms with Gasteiger partial charge in [0.2, 0.25) is 0 Å². The number of H-pyrrole nitrogens is 2. The molecule has 5 aromatic heterocycles. The van der Waals surface area contributed by atoms with E-state index < -0.39 is 0 Å². The van der Waals surface area contributed by atoms with Gasteiger partial charge in [0.15, 0.2) is 0 Å². The van der Waals surface area contributed by atoms with Gasteiger partial charge in [0.05, 0.1) is 16.9 Å². The first-order chi connectivity index (χ1) is 16.8. The average Bonchev–Trinajstić information content (AvgIpc) is 3.51. The molecule has 0 amide bonds. The van der Waals surface area contributed by atoms with Gasteiger partial charge in [0, 0.05) is 47.8 Å². The van der Waals surface area contributed by atoms with E-state index in [0.29, 0.717) is 0 Å². The van der Waals surface area contributed by atoms with Gasteiger partial charge in [-0.05, 0) is 65.7 Å². The van der Waals surface area contributed by atoms with Crippen molar-refractivity contribution in [1.82, 2.24) is 35.5 Å². The minimum Gasteiger partial charge on any atom is -0.353 e. The predicted octanol–water partition coefficient (Wildman–Crippen LogP) is 5.34. The van der Waals surface area contributed by atoms with E-state index in [2.05, 4.69) is 67.7 Å². The Morgan fingerprint density at radius 1 is 0.882 bits per heavy atom. The fourth-order valence-electron chi connectivity index (χ4n) is 4.31. The highest BCUT2D eigenvalue weighted by Gasteiger charge is 2.15. The Labute approximate surface area is 196 Å². The molecule has 7 heteroatoms. The van der Waals surface area contributed by atoms with E-state index in [4.69, 9.17) is 4.98 Å². The maximum absolute atomic E-state index is 4.97. The van der Waals surface area contributed by atoms with Crippen LogP contribution in [-0.4, -0.2) is 36.7 Å². The molecule has 1 aromatic carbocycles. The van der Waals surface area contributed by atoms with E-state index in [1.807, 2.05) is 49.1 Å². The molecule has 34 heavy (non-hydrogen) atoms. The first-order valence-electron chi connectivity index (χ1n) is 11.3. The van der Waals surface area contributed by atoms with Crippen LogP contribution in [0.3, 0.4) is 0 Å². The van der Waals surface area contributed by atoms with Crippen molar-refractivity contribution in [3.05, 3.63) is 84.9 Å². The number of pyridine rings is 3. The van der Waals surface area contributed by atoms with Gasteiger partial charge in [0.25, 0.3) is 0 Å². The minimum atomic E-state index is 0.783. The molecule has 0 unspecified atom stereocenters. The average molecular weight is 446 g/mol. The molecule has 6 aromatic rings. The molecule has 166 valence electrons. The summed E-state index contributed by atoms with van der Waals surface area (Å²) in [5, 5.41) is 12.2. The molecule has 0 bridgehead atoms. The van der Waals surface area contributed by atoms with Crippen LogP contribution in [0.5, 0.6) is 0 Å². The number of nitrogens with one attached hydrogen (secondary N) is 3. The molecule has 0 fully saturated rings. The molecule has 0 aliphatic carbocycles. The molecule has 0 aliphatic rings. The highest BCUT2D eigenvalue weighted by Crippen LogP contribution is 2.34. The molecule has 7 nitrogen and oxygen atoms in total. The number of rotatable bonds is 6. The van der Waals surface area contributed by atoms with Gasteiger partial charge in [0.1, 0.15) is 11.2 Å². The lowest BCUT2D eigenvalue weighted by atomic mass is 10.0. The van der Waals surface area contributed by atoms with Crippen LogP contribution in [-0.2, 0) is 6.54 Å². The Hall–Kier alpha value is -4.36. The van der Waals surface area contributed by atoms with Crippen molar-refractivity contribution >= 4 is 21.9 Å². The highest BCUT2D eigenvalue weighted by molar-refractivity contribution is 6.00. The van der Waals surface area contributed by atoms with E-state index in [0.717, 1.165) is 74.4 Å². The van der Waals surface area contributed by atoms with Crippen LogP contribution in [0.2, 0.25) is 0 Å². The predicted molar refractivity (Wildman–Crippen MR) is 135 cm³/mol. The second kappa shape index (κ2) is 8.53. The fourth-order valence-corrected chi connectivity index (χ4v) is 4.31. The largest absolute Gasteiger partial charge is 0.353 e. The minimum absolute atomic E-state index is 0.783. The summed E-state index contributed by atoms with van der Waals surface area (Å²) in [5.74, 6) is 0. The Balaban J connectivity index is 1.44. The first-order valence-corrected chi connectivity index (χ1v) is 11.3. The van der Waals surface area contributed by atoms with Crippen molar-refractivity contribution in [2.24, 2.45) is 0 Å². The molecule has 0 atom stereocenters. The van der Waals surface area contributed by atoms with Crippen LogP contribution in [0.25, 0.3) is 55.7 Å². The zero-order valence-corrected chi connectivity index (χ0v) is 18.7. The van der Waals surface area contributed by atoms with E-state index in [-0.39, 0.29) is 0 Å². The SMILES string of the molecule is CCNCc1cncc(-c2ccc3[nH]nc(-c4cc5c(-c6ccncc6)cccc5[nH]4)c3n2)c1. The van der Waals surface area contributed by atoms with Crippen LogP contribution in [0, 0.1) is 0 Å². The summed E-state index contributed by atoms with van der Waals surface area (Å²) in [5.41, 5.74) is 9.76. The van der Waals surface area contributed by atoms with Crippen molar-refractivity contribution in [1.29, 1.82) is 0 Å². The van der Waals surface area contributed by atoms with Gasteiger partial charge >= 0.3 is 0 Å². The van der Waals surface area contributed by atoms with Gasteiger partial charge in [-0.1, -0.05) is 19.1 Å². The van der Waals surface area contributed by atoms with Gasteiger partial charge in [-0.2, -0.15) is 5.10 Å². The van der Waals surface area contributed by atoms with Crippen LogP contribution >= 0.6 is 0 Å². The van der Waals surface area contributed by atoms with Crippen LogP contribution < -0.4 is 5.32 Å². The number of fused-ring (bicyclic) bond motifs is 2. The van der Waals surface area contributed by atoms with E-state index in [1.54, 1.807) is 0 Å². The van der Waals surface area contributed by atoms with E-state index in [9.17, 15) is 0 Å². The van der Waals surface area contributed by atoms with Crippen molar-refractivity contribution < 1.29 is 0 Å². The number of benzene rings is 1. The third kappa shape index (κ3) is 3.62. The summed E-state index contributed by atoms with van der Waals surface area (Å²) in [6.45, 7) is 3.79. The molecular weight excluding hydrogens is 422 g/mol. The summed E-state index contributed by atoms with van der Waals surface area (Å²) in [6, 6.07) is 18.6. The Kier molecular flexibility index (Phi) is 5.08. The van der Waals surface area contributed by atoms with Crippen LogP contribution in [0.4, 0.5) is 0 Å². The molecule has 0 radical (unpaired) electrons. The number of hydrogen-bond donors (Lipinski definition) is 3. The first kappa shape index (κ1) is 20.3. The lowest BCUT2D eigenvalue weighted by Gasteiger charge is -2.05. The molecular formula is C27H23N7. The third-order valence-corrected chi connectivity index (χ3v) is 5.99. The molecule has 3 N–H and O–H groups in total.